The molecule has 0 aromatic heterocycles. The number of rotatable bonds is 54. The third-order valence-electron chi connectivity index (χ3n) is 13.9. The monoisotopic (exact) mass is 1080 g/mol. The molecule has 1 fully saturated rings. The van der Waals surface area contributed by atoms with Gasteiger partial charge in [0.25, 0.3) is 0 Å². The van der Waals surface area contributed by atoms with Crippen molar-refractivity contribution in [1.82, 2.24) is 0 Å². The van der Waals surface area contributed by atoms with E-state index >= 15 is 0 Å². The lowest BCUT2D eigenvalue weighted by Crippen LogP contribution is -2.60. The quantitative estimate of drug-likeness (QED) is 0.0196. The number of hydrogen-bond acceptors (Lipinski definition) is 11. The number of esters is 1. The second-order valence-corrected chi connectivity index (χ2v) is 22.0. The zero-order chi connectivity index (χ0) is 54.6. The second-order valence-electron chi connectivity index (χ2n) is 20.9. The van der Waals surface area contributed by atoms with Crippen molar-refractivity contribution < 1.29 is 56.2 Å². The predicted molar refractivity (Wildman–Crippen MR) is 308 cm³/mol. The van der Waals surface area contributed by atoms with E-state index in [1.54, 1.807) is 0 Å². The van der Waals surface area contributed by atoms with Gasteiger partial charge in [-0.2, -0.15) is 8.42 Å². The third-order valence-corrected chi connectivity index (χ3v) is 14.4. The molecule has 438 valence electrons. The van der Waals surface area contributed by atoms with E-state index in [0.717, 1.165) is 77.0 Å². The molecular formula is C62H112O12S. The number of unbranched alkanes of at least 4 members (excludes halogenated alkanes) is 31. The largest absolute Gasteiger partial charge is 0.457 e. The van der Waals surface area contributed by atoms with Crippen molar-refractivity contribution in [1.29, 1.82) is 0 Å². The molecule has 0 aliphatic carbocycles. The fourth-order valence-corrected chi connectivity index (χ4v) is 9.86. The van der Waals surface area contributed by atoms with Gasteiger partial charge in [-0.05, 0) is 57.8 Å². The Kier molecular flexibility index (Phi) is 49.6. The SMILES string of the molecule is CC/C=C\C/C=C\C/C=C\C/C=C\C/C=C\CCCCCCCCCCCCOCC(COC1OC(CO)C(O)C(OS(=O)(=O)O)C1O)OC(=O)CCCCCCCCCCCCCCCCCCCCCCCC. The Bertz CT molecular complexity index is 1530. The lowest BCUT2D eigenvalue weighted by molar-refractivity contribution is -0.301. The van der Waals surface area contributed by atoms with Crippen molar-refractivity contribution in [3.05, 3.63) is 60.8 Å². The van der Waals surface area contributed by atoms with E-state index < -0.39 is 59.8 Å². The normalized spacial score (nSPS) is 19.0. The standard InChI is InChI=1S/C62H112O12S/c1-3-5-7-9-11-13-15-17-19-21-23-25-27-28-29-30-32-34-36-38-40-42-44-46-48-50-52-70-54-56(55-71-62-60(66)61(74-75(67,68)69)59(65)57(53-63)73-62)72-58(64)51-49-47-45-43-41-39-37-35-33-31-26-24-22-20-18-16-14-12-10-8-6-4-2/h5,7,11,13,17,19,23,25,28-29,56-57,59-63,65-66H,3-4,6,8-10,12,14-16,18,20-22,24,26-27,30-55H2,1-2H3,(H,67,68,69)/b7-5-,13-11-,19-17-,25-23-,29-28-. The van der Waals surface area contributed by atoms with Crippen molar-refractivity contribution >= 4 is 16.4 Å². The van der Waals surface area contributed by atoms with Crippen molar-refractivity contribution in [2.75, 3.05) is 26.4 Å². The Balaban J connectivity index is 2.27. The molecule has 12 nitrogen and oxygen atoms in total. The smallest absolute Gasteiger partial charge is 0.397 e. The summed E-state index contributed by atoms with van der Waals surface area (Å²) in [5, 5.41) is 30.9. The fraction of sp³-hybridized carbons (Fsp3) is 0.823. The summed E-state index contributed by atoms with van der Waals surface area (Å²) in [4.78, 5) is 13.0. The van der Waals surface area contributed by atoms with Gasteiger partial charge in [0, 0.05) is 13.0 Å². The Morgan fingerprint density at radius 2 is 0.920 bits per heavy atom. The number of carbonyl (C=O) groups excluding carboxylic acids is 1. The molecule has 0 aromatic carbocycles. The van der Waals surface area contributed by atoms with Gasteiger partial charge in [-0.25, -0.2) is 4.18 Å². The van der Waals surface area contributed by atoms with E-state index in [-0.39, 0.29) is 19.6 Å². The summed E-state index contributed by atoms with van der Waals surface area (Å²) in [7, 11) is -5.07. The van der Waals surface area contributed by atoms with Crippen LogP contribution in [0.2, 0.25) is 0 Å². The molecular weight excluding hydrogens is 969 g/mol. The van der Waals surface area contributed by atoms with Crippen LogP contribution >= 0.6 is 0 Å². The van der Waals surface area contributed by atoms with Crippen LogP contribution in [0.5, 0.6) is 0 Å². The molecule has 0 aromatic rings. The van der Waals surface area contributed by atoms with Gasteiger partial charge in [0.2, 0.25) is 0 Å². The van der Waals surface area contributed by atoms with E-state index in [0.29, 0.717) is 13.0 Å². The molecule has 0 bridgehead atoms. The highest BCUT2D eigenvalue weighted by Gasteiger charge is 2.48. The van der Waals surface area contributed by atoms with Crippen LogP contribution in [-0.2, 0) is 38.3 Å². The molecule has 0 spiro atoms. The summed E-state index contributed by atoms with van der Waals surface area (Å²) in [6.07, 6.45) is 59.7. The van der Waals surface area contributed by atoms with E-state index in [1.165, 1.54) is 161 Å². The first-order chi connectivity index (χ1) is 36.6. The minimum absolute atomic E-state index is 0.0337. The summed E-state index contributed by atoms with van der Waals surface area (Å²) in [5.74, 6) is -0.396. The van der Waals surface area contributed by atoms with Crippen LogP contribution in [0.15, 0.2) is 60.8 Å². The predicted octanol–water partition coefficient (Wildman–Crippen LogP) is 15.6. The molecule has 6 atom stereocenters. The number of ether oxygens (including phenoxy) is 4. The molecule has 13 heteroatoms. The molecule has 0 amide bonds. The highest BCUT2D eigenvalue weighted by molar-refractivity contribution is 7.80. The Morgan fingerprint density at radius 3 is 1.35 bits per heavy atom. The number of hydrogen-bond donors (Lipinski definition) is 4. The highest BCUT2D eigenvalue weighted by Crippen LogP contribution is 2.26. The van der Waals surface area contributed by atoms with E-state index in [9.17, 15) is 33.1 Å². The molecule has 6 unspecified atom stereocenters. The molecule has 1 aliphatic rings. The van der Waals surface area contributed by atoms with Crippen molar-refractivity contribution in [3.63, 3.8) is 0 Å². The molecule has 4 N–H and O–H groups in total. The van der Waals surface area contributed by atoms with E-state index in [2.05, 4.69) is 78.8 Å². The minimum atomic E-state index is -5.07. The summed E-state index contributed by atoms with van der Waals surface area (Å²) in [6.45, 7) is 3.92. The molecule has 1 heterocycles. The minimum Gasteiger partial charge on any atom is -0.457 e. The van der Waals surface area contributed by atoms with Gasteiger partial charge in [-0.1, -0.05) is 261 Å². The highest BCUT2D eigenvalue weighted by atomic mass is 32.3. The van der Waals surface area contributed by atoms with E-state index in [4.69, 9.17) is 18.9 Å². The fourth-order valence-electron chi connectivity index (χ4n) is 9.35. The average Bonchev–Trinajstić information content (AvgIpc) is 3.39. The maximum absolute atomic E-state index is 13.0. The molecule has 1 saturated heterocycles. The maximum Gasteiger partial charge on any atom is 0.397 e. The number of aliphatic hydroxyl groups excluding tert-OH is 3. The summed E-state index contributed by atoms with van der Waals surface area (Å²) < 4.78 is 59.5. The Morgan fingerprint density at radius 1 is 0.520 bits per heavy atom. The first-order valence-corrected chi connectivity index (χ1v) is 31.9. The summed E-state index contributed by atoms with van der Waals surface area (Å²) >= 11 is 0. The van der Waals surface area contributed by atoms with Crippen LogP contribution in [0.25, 0.3) is 0 Å². The second kappa shape index (κ2) is 52.5. The zero-order valence-corrected chi connectivity index (χ0v) is 48.4. The van der Waals surface area contributed by atoms with Crippen LogP contribution in [-0.4, -0.2) is 97.5 Å². The van der Waals surface area contributed by atoms with Crippen LogP contribution in [0, 0.1) is 0 Å². The molecule has 0 radical (unpaired) electrons. The molecule has 1 aliphatic heterocycles. The van der Waals surface area contributed by atoms with Crippen LogP contribution in [0.3, 0.4) is 0 Å². The van der Waals surface area contributed by atoms with Gasteiger partial charge in [0.15, 0.2) is 6.29 Å². The van der Waals surface area contributed by atoms with Gasteiger partial charge in [0.1, 0.15) is 30.5 Å². The first kappa shape index (κ1) is 70.8. The van der Waals surface area contributed by atoms with E-state index in [1.807, 2.05) is 0 Å². The van der Waals surface area contributed by atoms with Crippen molar-refractivity contribution in [2.45, 2.75) is 301 Å². The van der Waals surface area contributed by atoms with Gasteiger partial charge in [-0.3, -0.25) is 9.35 Å². The Hall–Kier alpha value is -2.20. The average molecular weight is 1080 g/mol. The van der Waals surface area contributed by atoms with Gasteiger partial charge in [0.05, 0.1) is 19.8 Å². The summed E-state index contributed by atoms with van der Waals surface area (Å²) in [5.41, 5.74) is 0. The van der Waals surface area contributed by atoms with Crippen LogP contribution < -0.4 is 0 Å². The van der Waals surface area contributed by atoms with Crippen molar-refractivity contribution in [2.24, 2.45) is 0 Å². The molecule has 1 rings (SSSR count). The lowest BCUT2D eigenvalue weighted by Gasteiger charge is -2.41. The van der Waals surface area contributed by atoms with Crippen LogP contribution in [0.1, 0.15) is 264 Å². The number of aliphatic hydroxyl groups is 3. The number of carbonyl (C=O) groups is 1. The zero-order valence-electron chi connectivity index (χ0n) is 47.6. The lowest BCUT2D eigenvalue weighted by atomic mass is 9.99. The first-order valence-electron chi connectivity index (χ1n) is 30.5. The third kappa shape index (κ3) is 45.4. The van der Waals surface area contributed by atoms with Gasteiger partial charge in [-0.15, -0.1) is 0 Å². The molecule has 75 heavy (non-hydrogen) atoms. The van der Waals surface area contributed by atoms with Crippen molar-refractivity contribution in [3.8, 4) is 0 Å². The summed E-state index contributed by atoms with van der Waals surface area (Å²) in [6, 6.07) is 0. The topological polar surface area (TPSA) is 178 Å². The van der Waals surface area contributed by atoms with Gasteiger partial charge >= 0.3 is 16.4 Å². The van der Waals surface area contributed by atoms with Crippen LogP contribution in [0.4, 0.5) is 0 Å². The number of allylic oxidation sites excluding steroid dienone is 10. The Labute approximate surface area is 458 Å². The molecule has 0 saturated carbocycles. The van der Waals surface area contributed by atoms with Gasteiger partial charge < -0.3 is 34.3 Å². The maximum atomic E-state index is 13.0.